The fourth-order valence-electron chi connectivity index (χ4n) is 0.285. The van der Waals surface area contributed by atoms with Gasteiger partial charge in [-0.2, -0.15) is 0 Å². The van der Waals surface area contributed by atoms with Crippen LogP contribution >= 0.6 is 21.5 Å². The van der Waals surface area contributed by atoms with Crippen LogP contribution in [0.3, 0.4) is 0 Å². The Morgan fingerprint density at radius 2 is 2.50 bits per heavy atom. The minimum Gasteiger partial charge on any atom is -0.502 e. The Morgan fingerprint density at radius 1 is 2.00 bits per heavy atom. The van der Waals surface area contributed by atoms with Gasteiger partial charge in [-0.1, -0.05) is 6.08 Å². The molecule has 0 saturated carbocycles. The second-order valence-electron chi connectivity index (χ2n) is 1.50. The summed E-state index contributed by atoms with van der Waals surface area (Å²) < 4.78 is 0. The molecule has 1 nitrogen and oxygen atoms in total. The smallest absolute Gasteiger partial charge is 0.157 e. The zero-order valence-electron chi connectivity index (χ0n) is 4.50. The molecule has 0 spiro atoms. The summed E-state index contributed by atoms with van der Waals surface area (Å²) >= 11 is 4.43. The van der Waals surface area contributed by atoms with Crippen LogP contribution in [0.5, 0.6) is 0 Å². The van der Waals surface area contributed by atoms with E-state index in [-0.39, 0.29) is 10.7 Å². The first-order chi connectivity index (χ1) is 3.66. The van der Waals surface area contributed by atoms with Crippen LogP contribution in [0.25, 0.3) is 0 Å². The van der Waals surface area contributed by atoms with Gasteiger partial charge in [0.1, 0.15) is 0 Å². The van der Waals surface area contributed by atoms with E-state index in [1.165, 1.54) is 0 Å². The van der Waals surface area contributed by atoms with E-state index in [1.54, 1.807) is 6.08 Å². The topological polar surface area (TPSA) is 20.2 Å². The molecule has 0 aliphatic rings. The Hall–Kier alpha value is 0.0600. The van der Waals surface area contributed by atoms with Gasteiger partial charge in [-0.25, -0.2) is 0 Å². The van der Waals surface area contributed by atoms with E-state index in [0.29, 0.717) is 6.42 Å². The van der Waals surface area contributed by atoms with Crippen LogP contribution in [0.15, 0.2) is 12.7 Å². The van der Waals surface area contributed by atoms with Gasteiger partial charge in [0.15, 0.2) is 5.05 Å². The van der Waals surface area contributed by atoms with E-state index in [2.05, 4.69) is 28.0 Å². The van der Waals surface area contributed by atoms with Gasteiger partial charge in [0.25, 0.3) is 0 Å². The van der Waals surface area contributed by atoms with E-state index < -0.39 is 0 Å². The van der Waals surface area contributed by atoms with Crippen LogP contribution in [-0.2, 0) is 0 Å². The van der Waals surface area contributed by atoms with Crippen molar-refractivity contribution in [3.63, 3.8) is 0 Å². The molecule has 8 heavy (non-hydrogen) atoms. The predicted molar refractivity (Wildman–Crippen MR) is 43.5 cm³/mol. The summed E-state index contributed by atoms with van der Waals surface area (Å²) in [7, 11) is 2.51. The minimum atomic E-state index is 0.0462. The van der Waals surface area contributed by atoms with Crippen molar-refractivity contribution in [3.05, 3.63) is 12.7 Å². The SMILES string of the molecule is C=CC(P)CC(O)=S. The molecule has 2 atom stereocenters. The zero-order valence-corrected chi connectivity index (χ0v) is 6.47. The molecule has 0 aromatic rings. The van der Waals surface area contributed by atoms with Gasteiger partial charge < -0.3 is 5.11 Å². The van der Waals surface area contributed by atoms with Gasteiger partial charge >= 0.3 is 0 Å². The van der Waals surface area contributed by atoms with Crippen molar-refractivity contribution in [2.45, 2.75) is 12.1 Å². The average Bonchev–Trinajstić information content (AvgIpc) is 1.65. The number of rotatable bonds is 3. The third kappa shape index (κ3) is 4.23. The largest absolute Gasteiger partial charge is 0.502 e. The van der Waals surface area contributed by atoms with Gasteiger partial charge in [0, 0.05) is 6.42 Å². The number of allylic oxidation sites excluding steroid dienone is 1. The highest BCUT2D eigenvalue weighted by molar-refractivity contribution is 7.80. The van der Waals surface area contributed by atoms with Crippen LogP contribution in [0.2, 0.25) is 0 Å². The van der Waals surface area contributed by atoms with E-state index in [0.717, 1.165) is 0 Å². The molecule has 0 heterocycles. The maximum absolute atomic E-state index is 8.52. The maximum atomic E-state index is 8.52. The molecule has 1 N–H and O–H groups in total. The van der Waals surface area contributed by atoms with Gasteiger partial charge in [0.05, 0.1) is 0 Å². The number of hydrogen-bond donors (Lipinski definition) is 1. The van der Waals surface area contributed by atoms with E-state index in [4.69, 9.17) is 5.11 Å². The highest BCUT2D eigenvalue weighted by atomic mass is 32.1. The van der Waals surface area contributed by atoms with Crippen LogP contribution in [0, 0.1) is 0 Å². The monoisotopic (exact) mass is 148 g/mol. The molecular formula is C5H9OPS. The van der Waals surface area contributed by atoms with Crippen LogP contribution in [0.4, 0.5) is 0 Å². The number of thiocarbonyl (C=S) groups is 1. The van der Waals surface area contributed by atoms with Crippen LogP contribution < -0.4 is 0 Å². The van der Waals surface area contributed by atoms with Crippen molar-refractivity contribution >= 4 is 26.5 Å². The highest BCUT2D eigenvalue weighted by Crippen LogP contribution is 2.05. The molecule has 3 heteroatoms. The Kier molecular flexibility index (Phi) is 4.02. The van der Waals surface area contributed by atoms with E-state index in [9.17, 15) is 0 Å². The Bertz CT molecular complexity index is 103. The molecule has 0 fully saturated rings. The summed E-state index contributed by atoms with van der Waals surface area (Å²) in [6.45, 7) is 3.52. The van der Waals surface area contributed by atoms with E-state index >= 15 is 0 Å². The Balaban J connectivity index is 3.38. The fourth-order valence-corrected chi connectivity index (χ4v) is 0.872. The third-order valence-corrected chi connectivity index (χ3v) is 1.39. The summed E-state index contributed by atoms with van der Waals surface area (Å²) in [5.74, 6) is 0. The molecule has 0 radical (unpaired) electrons. The first-order valence-corrected chi connectivity index (χ1v) is 3.34. The second-order valence-corrected chi connectivity index (χ2v) is 2.82. The first kappa shape index (κ1) is 8.06. The van der Waals surface area contributed by atoms with Gasteiger partial charge in [-0.3, -0.25) is 0 Å². The van der Waals surface area contributed by atoms with Crippen LogP contribution in [0.1, 0.15) is 6.42 Å². The summed E-state index contributed by atoms with van der Waals surface area (Å²) in [6.07, 6.45) is 2.25. The number of aliphatic hydroxyl groups is 1. The molecular weight excluding hydrogens is 139 g/mol. The number of hydrogen-bond acceptors (Lipinski definition) is 1. The lowest BCUT2D eigenvalue weighted by Crippen LogP contribution is -2.00. The lowest BCUT2D eigenvalue weighted by Gasteiger charge is -1.99. The van der Waals surface area contributed by atoms with E-state index in [1.807, 2.05) is 0 Å². The molecule has 0 rings (SSSR count). The summed E-state index contributed by atoms with van der Waals surface area (Å²) in [6, 6.07) is 0. The summed E-state index contributed by atoms with van der Waals surface area (Å²) in [4.78, 5) is 0. The summed E-state index contributed by atoms with van der Waals surface area (Å²) in [5.41, 5.74) is 0.215. The normalized spacial score (nSPS) is 12.6. The molecule has 0 bridgehead atoms. The first-order valence-electron chi connectivity index (χ1n) is 2.26. The van der Waals surface area contributed by atoms with Crippen molar-refractivity contribution < 1.29 is 5.11 Å². The average molecular weight is 148 g/mol. The minimum absolute atomic E-state index is 0.0462. The summed E-state index contributed by atoms with van der Waals surface area (Å²) in [5, 5.41) is 8.57. The van der Waals surface area contributed by atoms with Gasteiger partial charge in [-0.05, 0) is 17.9 Å². The number of aliphatic hydroxyl groups excluding tert-OH is 1. The maximum Gasteiger partial charge on any atom is 0.157 e. The molecule has 0 aromatic carbocycles. The van der Waals surface area contributed by atoms with Crippen molar-refractivity contribution in [3.8, 4) is 0 Å². The molecule has 46 valence electrons. The highest BCUT2D eigenvalue weighted by Gasteiger charge is 1.97. The van der Waals surface area contributed by atoms with Crippen molar-refractivity contribution in [2.75, 3.05) is 0 Å². The third-order valence-electron chi connectivity index (χ3n) is 0.713. The second kappa shape index (κ2) is 3.99. The van der Waals surface area contributed by atoms with Crippen LogP contribution in [-0.4, -0.2) is 15.8 Å². The Labute approximate surface area is 57.0 Å². The lowest BCUT2D eigenvalue weighted by molar-refractivity contribution is 0.550. The Morgan fingerprint density at radius 3 is 2.62 bits per heavy atom. The van der Waals surface area contributed by atoms with Gasteiger partial charge in [-0.15, -0.1) is 15.8 Å². The molecule has 0 aliphatic heterocycles. The van der Waals surface area contributed by atoms with Gasteiger partial charge in [0.2, 0.25) is 0 Å². The lowest BCUT2D eigenvalue weighted by atomic mass is 10.3. The molecule has 0 saturated heterocycles. The van der Waals surface area contributed by atoms with Crippen molar-refractivity contribution in [1.82, 2.24) is 0 Å². The molecule has 0 amide bonds. The zero-order chi connectivity index (χ0) is 6.57. The molecule has 2 unspecified atom stereocenters. The fraction of sp³-hybridized carbons (Fsp3) is 0.400. The van der Waals surface area contributed by atoms with Crippen molar-refractivity contribution in [1.29, 1.82) is 0 Å². The molecule has 0 aliphatic carbocycles. The predicted octanol–water partition coefficient (Wildman–Crippen LogP) is 1.69. The standard InChI is InChI=1S/C5H9OPS/c1-2-4(7)3-5(6)8/h2,4H,1,3,7H2,(H,6,8). The van der Waals surface area contributed by atoms with Crippen molar-refractivity contribution in [2.24, 2.45) is 0 Å². The molecule has 0 aromatic heterocycles. The quantitative estimate of drug-likeness (QED) is 0.373.